The van der Waals surface area contributed by atoms with E-state index in [1.807, 2.05) is 0 Å². The number of allylic oxidation sites excluding steroid dienone is 1. The molecule has 3 rings (SSSR count). The molecular weight excluding hydrogens is 404 g/mol. The average Bonchev–Trinajstić information content (AvgIpc) is 2.76. The van der Waals surface area contributed by atoms with E-state index in [4.69, 9.17) is 14.2 Å². The first-order chi connectivity index (χ1) is 14.8. The molecule has 1 aromatic rings. The summed E-state index contributed by atoms with van der Waals surface area (Å²) in [6.07, 6.45) is 1.56. The van der Waals surface area contributed by atoms with E-state index in [2.05, 4.69) is 10.3 Å². The van der Waals surface area contributed by atoms with Crippen LogP contribution in [0.4, 0.5) is 10.5 Å². The number of aliphatic imine (C=N–C) groups is 1. The summed E-state index contributed by atoms with van der Waals surface area (Å²) in [5.74, 6) is -0.345. The molecule has 0 saturated carbocycles. The Kier molecular flexibility index (Phi) is 6.38. The second kappa shape index (κ2) is 8.99. The maximum absolute atomic E-state index is 13.2. The Labute approximate surface area is 179 Å². The van der Waals surface area contributed by atoms with Crippen LogP contribution in [0.25, 0.3) is 0 Å². The fourth-order valence-corrected chi connectivity index (χ4v) is 3.41. The molecule has 10 nitrogen and oxygen atoms in total. The molecule has 0 aliphatic carbocycles. The largest absolute Gasteiger partial charge is 0.497 e. The molecule has 164 valence electrons. The number of fused-ring (bicyclic) bond motifs is 1. The third-order valence-electron chi connectivity index (χ3n) is 4.96. The first kappa shape index (κ1) is 22.0. The maximum Gasteiger partial charge on any atom is 0.446 e. The van der Waals surface area contributed by atoms with E-state index >= 15 is 0 Å². The molecule has 0 aromatic heterocycles. The Morgan fingerprint density at radius 1 is 1.26 bits per heavy atom. The van der Waals surface area contributed by atoms with Gasteiger partial charge in [0.05, 0.1) is 33.6 Å². The molecule has 2 aliphatic rings. The van der Waals surface area contributed by atoms with E-state index in [-0.39, 0.29) is 5.84 Å². The number of dihydropyridines is 1. The van der Waals surface area contributed by atoms with Crippen LogP contribution < -0.4 is 14.8 Å². The highest BCUT2D eigenvalue weighted by atomic mass is 16.5. The molecule has 1 N–H and O–H groups in total. The van der Waals surface area contributed by atoms with Gasteiger partial charge in [0.2, 0.25) is 0 Å². The van der Waals surface area contributed by atoms with Gasteiger partial charge in [-0.05, 0) is 26.0 Å². The SMILES string of the molecule is CCOC1=C(C)C=NC2=[N+](C)C(=O)N(CC(=O)Nc3ccc(OC)cc3OC)C(=O)C12. The number of amides is 4. The number of benzene rings is 1. The number of nitrogens with one attached hydrogen (secondary N) is 1. The van der Waals surface area contributed by atoms with E-state index in [9.17, 15) is 14.4 Å². The van der Waals surface area contributed by atoms with Gasteiger partial charge in [0.15, 0.2) is 12.5 Å². The lowest BCUT2D eigenvalue weighted by molar-refractivity contribution is -0.408. The van der Waals surface area contributed by atoms with Crippen LogP contribution in [0.1, 0.15) is 13.8 Å². The zero-order valence-electron chi connectivity index (χ0n) is 18.1. The molecule has 2 heterocycles. The molecule has 0 bridgehead atoms. The highest BCUT2D eigenvalue weighted by Gasteiger charge is 2.50. The first-order valence-corrected chi connectivity index (χ1v) is 9.67. The third kappa shape index (κ3) is 4.14. The number of imide groups is 1. The highest BCUT2D eigenvalue weighted by molar-refractivity contribution is 6.17. The summed E-state index contributed by atoms with van der Waals surface area (Å²) in [6, 6.07) is 4.25. The second-order valence-electron chi connectivity index (χ2n) is 6.91. The normalized spacial score (nSPS) is 18.2. The van der Waals surface area contributed by atoms with Gasteiger partial charge in [0, 0.05) is 11.6 Å². The van der Waals surface area contributed by atoms with Crippen LogP contribution in [0.2, 0.25) is 0 Å². The van der Waals surface area contributed by atoms with E-state index in [0.29, 0.717) is 35.1 Å². The number of hydrogen-bond acceptors (Lipinski definition) is 7. The van der Waals surface area contributed by atoms with E-state index in [1.165, 1.54) is 25.8 Å². The van der Waals surface area contributed by atoms with Gasteiger partial charge in [0.1, 0.15) is 23.5 Å². The molecule has 4 amide bonds. The van der Waals surface area contributed by atoms with Gasteiger partial charge >= 0.3 is 11.9 Å². The molecule has 0 saturated heterocycles. The lowest BCUT2D eigenvalue weighted by Gasteiger charge is -2.29. The summed E-state index contributed by atoms with van der Waals surface area (Å²) in [5.41, 5.74) is 1.08. The summed E-state index contributed by atoms with van der Waals surface area (Å²) >= 11 is 0. The van der Waals surface area contributed by atoms with Crippen molar-refractivity contribution in [2.45, 2.75) is 13.8 Å². The summed E-state index contributed by atoms with van der Waals surface area (Å²) in [6.45, 7) is 3.47. The zero-order chi connectivity index (χ0) is 22.7. The molecule has 0 fully saturated rings. The summed E-state index contributed by atoms with van der Waals surface area (Å²) < 4.78 is 17.3. The average molecular weight is 429 g/mol. The molecule has 1 unspecified atom stereocenters. The van der Waals surface area contributed by atoms with Crippen molar-refractivity contribution in [3.63, 3.8) is 0 Å². The number of rotatable bonds is 7. The van der Waals surface area contributed by atoms with Gasteiger partial charge in [-0.1, -0.05) is 0 Å². The molecule has 2 aliphatic heterocycles. The third-order valence-corrected chi connectivity index (χ3v) is 4.96. The van der Waals surface area contributed by atoms with Crippen molar-refractivity contribution < 1.29 is 33.2 Å². The molecule has 0 radical (unpaired) electrons. The van der Waals surface area contributed by atoms with Crippen LogP contribution in [0.5, 0.6) is 11.5 Å². The van der Waals surface area contributed by atoms with Gasteiger partial charge in [-0.2, -0.15) is 9.48 Å². The first-order valence-electron chi connectivity index (χ1n) is 9.67. The number of nitrogens with zero attached hydrogens (tertiary/aromatic N) is 3. The van der Waals surface area contributed by atoms with E-state index < -0.39 is 30.3 Å². The van der Waals surface area contributed by atoms with Gasteiger partial charge in [-0.25, -0.2) is 4.79 Å². The van der Waals surface area contributed by atoms with Crippen LogP contribution in [0, 0.1) is 5.92 Å². The van der Waals surface area contributed by atoms with Crippen molar-refractivity contribution in [1.29, 1.82) is 0 Å². The zero-order valence-corrected chi connectivity index (χ0v) is 18.1. The number of urea groups is 1. The Morgan fingerprint density at radius 2 is 2.00 bits per heavy atom. The standard InChI is InChI=1S/C21H24N4O6/c1-6-31-18-12(2)10-22-19-17(18)20(27)25(21(28)24(19)3)11-16(26)23-14-8-7-13(29-4)9-15(14)30-5/h7-10,17H,6,11H2,1-5H3/p+1. The van der Waals surface area contributed by atoms with Crippen molar-refractivity contribution in [3.8, 4) is 11.5 Å². The van der Waals surface area contributed by atoms with Crippen molar-refractivity contribution in [2.24, 2.45) is 10.9 Å². The molecule has 1 aromatic carbocycles. The van der Waals surface area contributed by atoms with Crippen LogP contribution in [0.3, 0.4) is 0 Å². The van der Waals surface area contributed by atoms with Crippen molar-refractivity contribution in [3.05, 3.63) is 29.5 Å². The van der Waals surface area contributed by atoms with Gasteiger partial charge < -0.3 is 19.5 Å². The summed E-state index contributed by atoms with van der Waals surface area (Å²) in [7, 11) is 4.49. The fraction of sp³-hybridized carbons (Fsp3) is 0.381. The lowest BCUT2D eigenvalue weighted by atomic mass is 9.96. The molecule has 0 spiro atoms. The summed E-state index contributed by atoms with van der Waals surface area (Å²) in [4.78, 5) is 43.8. The van der Waals surface area contributed by atoms with E-state index in [0.717, 1.165) is 4.90 Å². The quantitative estimate of drug-likeness (QED) is 0.660. The minimum Gasteiger partial charge on any atom is -0.497 e. The molecule has 10 heteroatoms. The Balaban J connectivity index is 1.85. The summed E-state index contributed by atoms with van der Waals surface area (Å²) in [5, 5.41) is 2.67. The number of amidine groups is 1. The number of ether oxygens (including phenoxy) is 3. The predicted molar refractivity (Wildman–Crippen MR) is 113 cm³/mol. The topological polar surface area (TPSA) is 110 Å². The number of carbonyl (C=O) groups is 3. The number of anilines is 1. The Hall–Kier alpha value is -3.69. The Bertz CT molecular complexity index is 1030. The predicted octanol–water partition coefficient (Wildman–Crippen LogP) is 1.66. The highest BCUT2D eigenvalue weighted by Crippen LogP contribution is 2.30. The second-order valence-corrected chi connectivity index (χ2v) is 6.91. The minimum absolute atomic E-state index is 0.275. The number of carbonyl (C=O) groups excluding carboxylic acids is 3. The van der Waals surface area contributed by atoms with E-state index in [1.54, 1.807) is 38.3 Å². The fourth-order valence-electron chi connectivity index (χ4n) is 3.41. The van der Waals surface area contributed by atoms with Gasteiger partial charge in [-0.15, -0.1) is 4.99 Å². The van der Waals surface area contributed by atoms with Crippen molar-refractivity contribution in [2.75, 3.05) is 39.7 Å². The van der Waals surface area contributed by atoms with Gasteiger partial charge in [-0.3, -0.25) is 9.59 Å². The lowest BCUT2D eigenvalue weighted by Crippen LogP contribution is -2.56. The molecular formula is C21H25N4O6+. The minimum atomic E-state index is -0.879. The number of methoxy groups -OCH3 is 2. The molecule has 1 atom stereocenters. The van der Waals surface area contributed by atoms with Crippen LogP contribution in [-0.4, -0.2) is 73.8 Å². The van der Waals surface area contributed by atoms with Crippen LogP contribution in [-0.2, 0) is 14.3 Å². The van der Waals surface area contributed by atoms with Crippen molar-refractivity contribution >= 4 is 35.6 Å². The maximum atomic E-state index is 13.2. The number of hydrogen-bond donors (Lipinski definition) is 1. The monoisotopic (exact) mass is 429 g/mol. The van der Waals surface area contributed by atoms with Crippen molar-refractivity contribution in [1.82, 2.24) is 4.90 Å². The van der Waals surface area contributed by atoms with Gasteiger partial charge in [0.25, 0.3) is 11.7 Å². The van der Waals surface area contributed by atoms with Crippen LogP contribution >= 0.6 is 0 Å². The molecule has 31 heavy (non-hydrogen) atoms. The smallest absolute Gasteiger partial charge is 0.446 e. The Morgan fingerprint density at radius 3 is 2.65 bits per heavy atom. The van der Waals surface area contributed by atoms with Crippen LogP contribution in [0.15, 0.2) is 34.5 Å².